The Hall–Kier alpha value is -4.83. The van der Waals surface area contributed by atoms with Gasteiger partial charge in [0, 0.05) is 46.4 Å². The summed E-state index contributed by atoms with van der Waals surface area (Å²) in [5, 5.41) is 13.2. The number of H-pyrrole nitrogens is 1. The van der Waals surface area contributed by atoms with Gasteiger partial charge in [0.2, 0.25) is 0 Å². The number of aromatic amines is 1. The molecule has 3 aromatic carbocycles. The lowest BCUT2D eigenvalue weighted by atomic mass is 10.0. The van der Waals surface area contributed by atoms with Gasteiger partial charge in [-0.1, -0.05) is 61.2 Å². The highest BCUT2D eigenvalue weighted by molar-refractivity contribution is 6.04. The maximum absolute atomic E-state index is 13.4. The van der Waals surface area contributed by atoms with E-state index in [1.807, 2.05) is 67.7 Å². The number of carbonyl (C=O) groups excluding carboxylic acids is 2. The van der Waals surface area contributed by atoms with Crippen molar-refractivity contribution in [1.82, 2.24) is 15.2 Å². The van der Waals surface area contributed by atoms with Gasteiger partial charge in [-0.05, 0) is 54.8 Å². The van der Waals surface area contributed by atoms with Gasteiger partial charge in [0.15, 0.2) is 0 Å². The lowest BCUT2D eigenvalue weighted by molar-refractivity contribution is -0.137. The number of hydrogen-bond acceptors (Lipinski definition) is 3. The molecule has 192 valence electrons. The Bertz CT molecular complexity index is 1500. The number of carboxylic acid groups (broad SMARTS) is 1. The van der Waals surface area contributed by atoms with Crippen molar-refractivity contribution < 1.29 is 19.5 Å². The molecule has 0 saturated heterocycles. The number of hydrogen-bond donors (Lipinski definition) is 3. The van der Waals surface area contributed by atoms with Gasteiger partial charge in [-0.3, -0.25) is 14.5 Å². The van der Waals surface area contributed by atoms with Crippen LogP contribution in [-0.2, 0) is 11.2 Å². The van der Waals surface area contributed by atoms with Crippen LogP contribution in [-0.4, -0.2) is 45.5 Å². The van der Waals surface area contributed by atoms with E-state index in [-0.39, 0.29) is 13.0 Å². The molecule has 0 aliphatic rings. The smallest absolute Gasteiger partial charge is 0.324 e. The minimum Gasteiger partial charge on any atom is -0.481 e. The molecule has 7 nitrogen and oxygen atoms in total. The number of nitrogens with zero attached hydrogens (tertiary/aromatic N) is 1. The second-order valence-electron chi connectivity index (χ2n) is 8.96. The maximum atomic E-state index is 13.4. The van der Waals surface area contributed by atoms with Crippen molar-refractivity contribution in [1.29, 1.82) is 0 Å². The summed E-state index contributed by atoms with van der Waals surface area (Å²) in [6.45, 7) is 2.06. The molecule has 4 aromatic rings. The quantitative estimate of drug-likeness (QED) is 0.285. The van der Waals surface area contributed by atoms with Crippen LogP contribution in [0.4, 0.5) is 4.79 Å². The predicted octanol–water partition coefficient (Wildman–Crippen LogP) is 5.22. The first-order chi connectivity index (χ1) is 18.4. The molecule has 0 unspecified atom stereocenters. The molecule has 0 fully saturated rings. The molecule has 4 rings (SSSR count). The first kappa shape index (κ1) is 26.2. The molecular weight excluding hydrogens is 478 g/mol. The van der Waals surface area contributed by atoms with Crippen LogP contribution in [0.2, 0.25) is 0 Å². The number of carboxylic acids is 1. The monoisotopic (exact) mass is 507 g/mol. The Balaban J connectivity index is 1.52. The summed E-state index contributed by atoms with van der Waals surface area (Å²) < 4.78 is 0. The van der Waals surface area contributed by atoms with Crippen LogP contribution in [0.1, 0.15) is 46.8 Å². The second kappa shape index (κ2) is 12.4. The molecule has 0 aliphatic heterocycles. The highest BCUT2D eigenvalue weighted by atomic mass is 16.4. The molecule has 0 aliphatic carbocycles. The Labute approximate surface area is 221 Å². The van der Waals surface area contributed by atoms with E-state index < -0.39 is 23.9 Å². The first-order valence-electron chi connectivity index (χ1n) is 12.5. The summed E-state index contributed by atoms with van der Waals surface area (Å²) in [6.07, 6.45) is 2.41. The molecule has 0 radical (unpaired) electrons. The van der Waals surface area contributed by atoms with Crippen molar-refractivity contribution in [2.75, 3.05) is 6.54 Å². The highest BCUT2D eigenvalue weighted by Gasteiger charge is 2.26. The average Bonchev–Trinajstić information content (AvgIpc) is 3.33. The predicted molar refractivity (Wildman–Crippen MR) is 147 cm³/mol. The normalized spacial score (nSPS) is 11.3. The van der Waals surface area contributed by atoms with Gasteiger partial charge in [-0.25, -0.2) is 4.79 Å². The van der Waals surface area contributed by atoms with Crippen LogP contribution in [0.15, 0.2) is 85.1 Å². The summed E-state index contributed by atoms with van der Waals surface area (Å²) in [7, 11) is 0. The molecule has 1 aromatic heterocycles. The van der Waals surface area contributed by atoms with Gasteiger partial charge in [0.25, 0.3) is 5.91 Å². The van der Waals surface area contributed by atoms with E-state index in [0.717, 1.165) is 26.9 Å². The van der Waals surface area contributed by atoms with E-state index >= 15 is 0 Å². The van der Waals surface area contributed by atoms with E-state index in [2.05, 4.69) is 22.1 Å². The number of amides is 3. The van der Waals surface area contributed by atoms with E-state index in [1.165, 1.54) is 0 Å². The fourth-order valence-electron chi connectivity index (χ4n) is 4.27. The van der Waals surface area contributed by atoms with Crippen LogP contribution in [0.25, 0.3) is 10.9 Å². The van der Waals surface area contributed by atoms with Crippen molar-refractivity contribution in [3.8, 4) is 11.8 Å². The maximum Gasteiger partial charge on any atom is 0.324 e. The minimum absolute atomic E-state index is 0.192. The van der Waals surface area contributed by atoms with E-state index in [0.29, 0.717) is 24.0 Å². The Morgan fingerprint density at radius 3 is 2.42 bits per heavy atom. The molecule has 1 atom stereocenters. The molecule has 1 heterocycles. The van der Waals surface area contributed by atoms with Crippen LogP contribution in [0, 0.1) is 11.8 Å². The number of fused-ring (bicyclic) bond motifs is 1. The number of para-hydroxylation sites is 1. The van der Waals surface area contributed by atoms with Crippen LogP contribution < -0.4 is 5.32 Å². The zero-order chi connectivity index (χ0) is 26.9. The minimum atomic E-state index is -1.03. The van der Waals surface area contributed by atoms with Gasteiger partial charge in [0.05, 0.1) is 6.42 Å². The number of urea groups is 1. The molecule has 3 N–H and O–H groups in total. The Morgan fingerprint density at radius 1 is 0.947 bits per heavy atom. The van der Waals surface area contributed by atoms with E-state index in [1.54, 1.807) is 24.3 Å². The van der Waals surface area contributed by atoms with Crippen molar-refractivity contribution in [2.24, 2.45) is 0 Å². The van der Waals surface area contributed by atoms with Crippen molar-refractivity contribution in [3.63, 3.8) is 0 Å². The summed E-state index contributed by atoms with van der Waals surface area (Å²) in [6, 6.07) is 22.8. The molecule has 0 spiro atoms. The average molecular weight is 508 g/mol. The van der Waals surface area contributed by atoms with E-state index in [4.69, 9.17) is 0 Å². The lowest BCUT2D eigenvalue weighted by Gasteiger charge is -2.24. The fourth-order valence-corrected chi connectivity index (χ4v) is 4.27. The Morgan fingerprint density at radius 2 is 1.66 bits per heavy atom. The Kier molecular flexibility index (Phi) is 8.57. The number of aliphatic carboxylic acids is 1. The van der Waals surface area contributed by atoms with Gasteiger partial charge in [-0.15, -0.1) is 0 Å². The number of rotatable bonds is 8. The van der Waals surface area contributed by atoms with Crippen molar-refractivity contribution >= 4 is 28.8 Å². The highest BCUT2D eigenvalue weighted by Crippen LogP contribution is 2.20. The summed E-state index contributed by atoms with van der Waals surface area (Å²) in [5.74, 6) is 4.63. The molecule has 7 heteroatoms. The third-order valence-corrected chi connectivity index (χ3v) is 6.06. The number of carbonyl (C=O) groups is 3. The molecule has 38 heavy (non-hydrogen) atoms. The SMILES string of the molecule is CCCN(C(=O)N[C@H](CC(=O)O)Cc1c[nH]c2ccccc12)C(=O)c1cccc(C#Cc2ccccc2)c1. The topological polar surface area (TPSA) is 102 Å². The standard InChI is InChI=1S/C31H29N3O4/c1-2-17-34(30(37)24-12-8-11-23(18-24)16-15-22-9-4-3-5-10-22)31(38)33-26(20-29(35)36)19-25-21-32-28-14-7-6-13-27(25)28/h3-14,18,21,26,32H,2,17,19-20H2,1H3,(H,33,38)(H,35,36)/t26-/m0/s1. The first-order valence-corrected chi connectivity index (χ1v) is 12.5. The summed E-state index contributed by atoms with van der Waals surface area (Å²) in [4.78, 5) is 42.6. The van der Waals surface area contributed by atoms with Gasteiger partial charge in [0.1, 0.15) is 0 Å². The zero-order valence-electron chi connectivity index (χ0n) is 21.1. The number of aromatic nitrogens is 1. The fraction of sp³-hybridized carbons (Fsp3) is 0.194. The number of nitrogens with one attached hydrogen (secondary N) is 2. The summed E-state index contributed by atoms with van der Waals surface area (Å²) in [5.41, 5.74) is 3.67. The van der Waals surface area contributed by atoms with Gasteiger partial charge < -0.3 is 15.4 Å². The number of imide groups is 1. The number of benzene rings is 3. The molecule has 0 saturated carbocycles. The zero-order valence-corrected chi connectivity index (χ0v) is 21.1. The van der Waals surface area contributed by atoms with Crippen LogP contribution >= 0.6 is 0 Å². The van der Waals surface area contributed by atoms with Crippen LogP contribution in [0.5, 0.6) is 0 Å². The molecule has 3 amide bonds. The largest absolute Gasteiger partial charge is 0.481 e. The van der Waals surface area contributed by atoms with E-state index in [9.17, 15) is 19.5 Å². The third kappa shape index (κ3) is 6.68. The van der Waals surface area contributed by atoms with Crippen molar-refractivity contribution in [3.05, 3.63) is 107 Å². The molecular formula is C31H29N3O4. The molecule has 0 bridgehead atoms. The van der Waals surface area contributed by atoms with Crippen molar-refractivity contribution in [2.45, 2.75) is 32.2 Å². The van der Waals surface area contributed by atoms with Gasteiger partial charge >= 0.3 is 12.0 Å². The lowest BCUT2D eigenvalue weighted by Crippen LogP contribution is -2.49. The van der Waals surface area contributed by atoms with Crippen LogP contribution in [0.3, 0.4) is 0 Å². The van der Waals surface area contributed by atoms with Gasteiger partial charge in [-0.2, -0.15) is 0 Å². The second-order valence-corrected chi connectivity index (χ2v) is 8.96. The third-order valence-electron chi connectivity index (χ3n) is 6.06. The summed E-state index contributed by atoms with van der Waals surface area (Å²) >= 11 is 0.